The number of aromatic nitrogens is 1. The predicted molar refractivity (Wildman–Crippen MR) is 138 cm³/mol. The number of thiocarbonyl (C=S) groups is 1. The number of oxazole rings is 1. The second-order valence-electron chi connectivity index (χ2n) is 6.24. The molecule has 9 heteroatoms. The summed E-state index contributed by atoms with van der Waals surface area (Å²) in [5.41, 5.74) is 3.42. The number of amides is 1. The summed E-state index contributed by atoms with van der Waals surface area (Å²) in [7, 11) is 0. The van der Waals surface area contributed by atoms with E-state index in [1.807, 2.05) is 42.5 Å². The SMILES string of the molecule is O=C(NC(=S)Nc1ccc2oc(-c3cc(I)ccc3Br)nc2c1)c1cccc(Br)c1. The summed E-state index contributed by atoms with van der Waals surface area (Å²) in [6.45, 7) is 0. The van der Waals surface area contributed by atoms with Crippen molar-refractivity contribution in [2.24, 2.45) is 0 Å². The van der Waals surface area contributed by atoms with Gasteiger partial charge in [-0.05, 0) is 105 Å². The number of nitrogens with zero attached hydrogens (tertiary/aromatic N) is 1. The molecular formula is C21H12Br2IN3O2S. The van der Waals surface area contributed by atoms with E-state index in [1.54, 1.807) is 18.2 Å². The Morgan fingerprint density at radius 2 is 1.90 bits per heavy atom. The van der Waals surface area contributed by atoms with Crippen LogP contribution in [0.5, 0.6) is 0 Å². The fraction of sp³-hybridized carbons (Fsp3) is 0. The minimum absolute atomic E-state index is 0.198. The lowest BCUT2D eigenvalue weighted by Gasteiger charge is -2.09. The molecule has 150 valence electrons. The molecule has 0 bridgehead atoms. The van der Waals surface area contributed by atoms with Crippen LogP contribution >= 0.6 is 66.7 Å². The van der Waals surface area contributed by atoms with Gasteiger partial charge in [0, 0.05) is 23.8 Å². The molecule has 0 aliphatic heterocycles. The molecule has 0 saturated heterocycles. The van der Waals surface area contributed by atoms with E-state index in [4.69, 9.17) is 16.6 Å². The zero-order valence-electron chi connectivity index (χ0n) is 15.1. The second kappa shape index (κ2) is 9.13. The molecule has 2 N–H and O–H groups in total. The summed E-state index contributed by atoms with van der Waals surface area (Å²) < 4.78 is 8.72. The molecule has 5 nitrogen and oxygen atoms in total. The van der Waals surface area contributed by atoms with Gasteiger partial charge in [-0.2, -0.15) is 0 Å². The van der Waals surface area contributed by atoms with Gasteiger partial charge in [0.15, 0.2) is 10.7 Å². The molecule has 1 aromatic heterocycles. The van der Waals surface area contributed by atoms with Crippen molar-refractivity contribution in [3.05, 3.63) is 78.7 Å². The van der Waals surface area contributed by atoms with Gasteiger partial charge in [0.05, 0.1) is 5.56 Å². The first-order valence-corrected chi connectivity index (χ1v) is 11.7. The van der Waals surface area contributed by atoms with Crippen molar-refractivity contribution >= 4 is 94.5 Å². The van der Waals surface area contributed by atoms with Gasteiger partial charge in [0.1, 0.15) is 5.52 Å². The van der Waals surface area contributed by atoms with Crippen LogP contribution in [-0.4, -0.2) is 16.0 Å². The molecule has 0 saturated carbocycles. The molecule has 1 heterocycles. The Labute approximate surface area is 208 Å². The van der Waals surface area contributed by atoms with Crippen molar-refractivity contribution in [3.8, 4) is 11.5 Å². The summed E-state index contributed by atoms with van der Waals surface area (Å²) in [5, 5.41) is 5.89. The number of benzene rings is 3. The van der Waals surface area contributed by atoms with Gasteiger partial charge in [-0.1, -0.05) is 22.0 Å². The lowest BCUT2D eigenvalue weighted by molar-refractivity contribution is 0.0977. The van der Waals surface area contributed by atoms with Crippen molar-refractivity contribution in [2.75, 3.05) is 5.32 Å². The summed E-state index contributed by atoms with van der Waals surface area (Å²) in [6, 6.07) is 18.5. The van der Waals surface area contributed by atoms with E-state index in [9.17, 15) is 4.79 Å². The number of carbonyl (C=O) groups excluding carboxylic acids is 1. The van der Waals surface area contributed by atoms with E-state index in [-0.39, 0.29) is 11.0 Å². The van der Waals surface area contributed by atoms with Crippen molar-refractivity contribution in [3.63, 3.8) is 0 Å². The van der Waals surface area contributed by atoms with E-state index in [0.29, 0.717) is 28.2 Å². The Bertz CT molecular complexity index is 1290. The van der Waals surface area contributed by atoms with Crippen LogP contribution in [0.3, 0.4) is 0 Å². The van der Waals surface area contributed by atoms with Crippen LogP contribution in [0.1, 0.15) is 10.4 Å². The lowest BCUT2D eigenvalue weighted by atomic mass is 10.2. The predicted octanol–water partition coefficient (Wildman–Crippen LogP) is 6.75. The highest BCUT2D eigenvalue weighted by Crippen LogP contribution is 2.32. The Morgan fingerprint density at radius 3 is 2.70 bits per heavy atom. The number of anilines is 1. The monoisotopic (exact) mass is 655 g/mol. The Hall–Kier alpha value is -1.82. The van der Waals surface area contributed by atoms with Crippen LogP contribution in [-0.2, 0) is 0 Å². The van der Waals surface area contributed by atoms with Crippen LogP contribution in [0.25, 0.3) is 22.6 Å². The van der Waals surface area contributed by atoms with Gasteiger partial charge in [0.25, 0.3) is 5.91 Å². The molecule has 0 spiro atoms. The highest BCUT2D eigenvalue weighted by atomic mass is 127. The van der Waals surface area contributed by atoms with E-state index in [1.165, 1.54) is 0 Å². The van der Waals surface area contributed by atoms with Gasteiger partial charge >= 0.3 is 0 Å². The molecule has 4 aromatic rings. The third kappa shape index (κ3) is 4.90. The van der Waals surface area contributed by atoms with Crippen LogP contribution < -0.4 is 10.6 Å². The zero-order valence-corrected chi connectivity index (χ0v) is 21.2. The number of fused-ring (bicyclic) bond motifs is 1. The van der Waals surface area contributed by atoms with Crippen LogP contribution in [0.2, 0.25) is 0 Å². The minimum atomic E-state index is -0.290. The average molecular weight is 657 g/mol. The molecule has 0 aliphatic carbocycles. The Kier molecular flexibility index (Phi) is 6.51. The number of hydrogen-bond donors (Lipinski definition) is 2. The molecule has 4 rings (SSSR count). The third-order valence-electron chi connectivity index (χ3n) is 4.12. The molecule has 0 fully saturated rings. The van der Waals surface area contributed by atoms with E-state index in [0.717, 1.165) is 18.1 Å². The topological polar surface area (TPSA) is 67.2 Å². The molecule has 30 heavy (non-hydrogen) atoms. The zero-order chi connectivity index (χ0) is 21.3. The molecule has 3 aromatic carbocycles. The fourth-order valence-electron chi connectivity index (χ4n) is 2.75. The molecule has 0 aliphatic rings. The summed E-state index contributed by atoms with van der Waals surface area (Å²) in [6.07, 6.45) is 0. The highest BCUT2D eigenvalue weighted by molar-refractivity contribution is 14.1. The maximum atomic E-state index is 12.3. The molecular weight excluding hydrogens is 645 g/mol. The lowest BCUT2D eigenvalue weighted by Crippen LogP contribution is -2.34. The van der Waals surface area contributed by atoms with Gasteiger partial charge in [-0.25, -0.2) is 4.98 Å². The summed E-state index contributed by atoms with van der Waals surface area (Å²) in [4.78, 5) is 16.9. The average Bonchev–Trinajstić information content (AvgIpc) is 3.12. The number of rotatable bonds is 3. The van der Waals surface area contributed by atoms with E-state index in [2.05, 4.69) is 70.1 Å². The van der Waals surface area contributed by atoms with Gasteiger partial charge in [0.2, 0.25) is 5.89 Å². The fourth-order valence-corrected chi connectivity index (χ4v) is 4.27. The Balaban J connectivity index is 1.51. The minimum Gasteiger partial charge on any atom is -0.436 e. The van der Waals surface area contributed by atoms with Crippen molar-refractivity contribution < 1.29 is 9.21 Å². The molecule has 0 unspecified atom stereocenters. The van der Waals surface area contributed by atoms with Crippen molar-refractivity contribution in [1.29, 1.82) is 0 Å². The largest absolute Gasteiger partial charge is 0.436 e. The maximum Gasteiger partial charge on any atom is 0.257 e. The summed E-state index contributed by atoms with van der Waals surface area (Å²) in [5.74, 6) is 0.236. The summed E-state index contributed by atoms with van der Waals surface area (Å²) >= 11 is 14.4. The van der Waals surface area contributed by atoms with Gasteiger partial charge in [-0.3, -0.25) is 10.1 Å². The second-order valence-corrected chi connectivity index (χ2v) is 9.67. The van der Waals surface area contributed by atoms with Crippen LogP contribution in [0.15, 0.2) is 74.0 Å². The molecule has 0 atom stereocenters. The smallest absolute Gasteiger partial charge is 0.257 e. The van der Waals surface area contributed by atoms with Crippen LogP contribution in [0, 0.1) is 3.57 Å². The van der Waals surface area contributed by atoms with Gasteiger partial charge in [-0.15, -0.1) is 0 Å². The number of nitrogens with one attached hydrogen (secondary N) is 2. The van der Waals surface area contributed by atoms with Gasteiger partial charge < -0.3 is 9.73 Å². The highest BCUT2D eigenvalue weighted by Gasteiger charge is 2.13. The normalized spacial score (nSPS) is 10.8. The van der Waals surface area contributed by atoms with E-state index >= 15 is 0 Å². The number of hydrogen-bond acceptors (Lipinski definition) is 4. The number of carbonyl (C=O) groups is 1. The maximum absolute atomic E-state index is 12.3. The first-order chi connectivity index (χ1) is 14.4. The first-order valence-electron chi connectivity index (χ1n) is 8.63. The standard InChI is InChI=1S/C21H12Br2IN3O2S/c22-12-3-1-2-11(8-12)19(28)27-21(30)25-14-5-7-18-17(10-14)26-20(29-18)15-9-13(24)4-6-16(15)23/h1-10H,(H2,25,27,28,30). The third-order valence-corrected chi connectivity index (χ3v) is 6.18. The number of halogens is 3. The van der Waals surface area contributed by atoms with Crippen molar-refractivity contribution in [1.82, 2.24) is 10.3 Å². The quantitative estimate of drug-likeness (QED) is 0.189. The van der Waals surface area contributed by atoms with Crippen LogP contribution in [0.4, 0.5) is 5.69 Å². The Morgan fingerprint density at radius 1 is 1.07 bits per heavy atom. The van der Waals surface area contributed by atoms with E-state index < -0.39 is 0 Å². The molecule has 0 radical (unpaired) electrons. The van der Waals surface area contributed by atoms with Crippen molar-refractivity contribution in [2.45, 2.75) is 0 Å². The first kappa shape index (κ1) is 21.4. The molecule has 1 amide bonds.